The molecule has 1 aromatic rings. The van der Waals surface area contributed by atoms with Crippen LogP contribution in [-0.2, 0) is 16.1 Å². The number of nitrogens with two attached hydrogens (primary N) is 2. The number of hydrogen-bond donors (Lipinski definition) is 2. The van der Waals surface area contributed by atoms with Crippen LogP contribution in [0.2, 0.25) is 0 Å². The lowest BCUT2D eigenvalue weighted by Crippen LogP contribution is -2.39. The predicted molar refractivity (Wildman–Crippen MR) is 81.1 cm³/mol. The van der Waals surface area contributed by atoms with Crippen molar-refractivity contribution in [3.05, 3.63) is 35.9 Å². The van der Waals surface area contributed by atoms with Crippen LogP contribution >= 0.6 is 12.4 Å². The van der Waals surface area contributed by atoms with Gasteiger partial charge in [0.05, 0.1) is 0 Å². The minimum Gasteiger partial charge on any atom is -0.370 e. The molecule has 1 rings (SSSR count). The summed E-state index contributed by atoms with van der Waals surface area (Å²) in [6, 6.07) is 9.63. The molecule has 0 saturated heterocycles. The largest absolute Gasteiger partial charge is 0.370 e. The van der Waals surface area contributed by atoms with Crippen molar-refractivity contribution in [1.82, 2.24) is 4.90 Å². The number of primary amides is 1. The van der Waals surface area contributed by atoms with Crippen LogP contribution in [-0.4, -0.2) is 29.8 Å². The Morgan fingerprint density at radius 1 is 1.25 bits per heavy atom. The number of halogens is 1. The third-order valence-corrected chi connectivity index (χ3v) is 2.93. The van der Waals surface area contributed by atoms with Gasteiger partial charge in [-0.2, -0.15) is 0 Å². The molecule has 4 N–H and O–H groups in total. The van der Waals surface area contributed by atoms with E-state index in [1.165, 1.54) is 0 Å². The lowest BCUT2D eigenvalue weighted by atomic mass is 10.1. The van der Waals surface area contributed by atoms with Gasteiger partial charge in [-0.05, 0) is 5.56 Å². The summed E-state index contributed by atoms with van der Waals surface area (Å²) in [5.74, 6) is -0.713. The number of benzene rings is 1. The van der Waals surface area contributed by atoms with E-state index >= 15 is 0 Å². The van der Waals surface area contributed by atoms with Gasteiger partial charge in [0.25, 0.3) is 0 Å². The summed E-state index contributed by atoms with van der Waals surface area (Å²) in [6.45, 7) is 2.87. The standard InChI is InChI=1S/C14H21N3O2.ClH/c1-11(9-15)14(19)17(8-7-13(16)18)10-12-5-3-2-4-6-12;/h2-6,11H,7-10,15H2,1H3,(H2,16,18);1H. The van der Waals surface area contributed by atoms with Gasteiger partial charge in [0.15, 0.2) is 0 Å². The molecule has 1 unspecified atom stereocenters. The van der Waals surface area contributed by atoms with E-state index in [1.807, 2.05) is 30.3 Å². The van der Waals surface area contributed by atoms with Crippen molar-refractivity contribution in [2.45, 2.75) is 19.9 Å². The summed E-state index contributed by atoms with van der Waals surface area (Å²) in [5, 5.41) is 0. The zero-order valence-corrected chi connectivity index (χ0v) is 12.4. The van der Waals surface area contributed by atoms with Crippen LogP contribution in [0.3, 0.4) is 0 Å². The van der Waals surface area contributed by atoms with Gasteiger partial charge < -0.3 is 16.4 Å². The van der Waals surface area contributed by atoms with Crippen molar-refractivity contribution in [3.63, 3.8) is 0 Å². The van der Waals surface area contributed by atoms with Crippen molar-refractivity contribution in [2.75, 3.05) is 13.1 Å². The highest BCUT2D eigenvalue weighted by Crippen LogP contribution is 2.09. The Labute approximate surface area is 125 Å². The van der Waals surface area contributed by atoms with E-state index < -0.39 is 5.91 Å². The summed E-state index contributed by atoms with van der Waals surface area (Å²) in [4.78, 5) is 24.7. The van der Waals surface area contributed by atoms with E-state index in [4.69, 9.17) is 11.5 Å². The summed E-state index contributed by atoms with van der Waals surface area (Å²) in [7, 11) is 0. The normalized spacial score (nSPS) is 11.3. The third-order valence-electron chi connectivity index (χ3n) is 2.93. The molecule has 0 heterocycles. The van der Waals surface area contributed by atoms with Crippen molar-refractivity contribution in [3.8, 4) is 0 Å². The van der Waals surface area contributed by atoms with Gasteiger partial charge in [-0.3, -0.25) is 9.59 Å². The highest BCUT2D eigenvalue weighted by molar-refractivity contribution is 5.85. The first-order chi connectivity index (χ1) is 9.04. The lowest BCUT2D eigenvalue weighted by molar-refractivity contribution is -0.135. The van der Waals surface area contributed by atoms with Crippen molar-refractivity contribution >= 4 is 24.2 Å². The van der Waals surface area contributed by atoms with Crippen LogP contribution < -0.4 is 11.5 Å². The van der Waals surface area contributed by atoms with Crippen LogP contribution in [0.1, 0.15) is 18.9 Å². The van der Waals surface area contributed by atoms with Crippen LogP contribution in [0.25, 0.3) is 0 Å². The summed E-state index contributed by atoms with van der Waals surface area (Å²) >= 11 is 0. The van der Waals surface area contributed by atoms with E-state index in [0.29, 0.717) is 19.6 Å². The Morgan fingerprint density at radius 3 is 2.35 bits per heavy atom. The van der Waals surface area contributed by atoms with E-state index in [-0.39, 0.29) is 30.7 Å². The first-order valence-electron chi connectivity index (χ1n) is 6.35. The van der Waals surface area contributed by atoms with Crippen LogP contribution in [0, 0.1) is 5.92 Å². The van der Waals surface area contributed by atoms with E-state index in [9.17, 15) is 9.59 Å². The maximum Gasteiger partial charge on any atom is 0.226 e. The minimum atomic E-state index is -0.411. The highest BCUT2D eigenvalue weighted by atomic mass is 35.5. The van der Waals surface area contributed by atoms with Crippen LogP contribution in [0.4, 0.5) is 0 Å². The third kappa shape index (κ3) is 6.04. The minimum absolute atomic E-state index is 0. The smallest absolute Gasteiger partial charge is 0.226 e. The van der Waals surface area contributed by atoms with Gasteiger partial charge in [0.2, 0.25) is 11.8 Å². The maximum absolute atomic E-state index is 12.2. The number of carbonyl (C=O) groups excluding carboxylic acids is 2. The number of amides is 2. The zero-order chi connectivity index (χ0) is 14.3. The molecule has 0 bridgehead atoms. The molecule has 0 spiro atoms. The fourth-order valence-electron chi connectivity index (χ4n) is 1.73. The highest BCUT2D eigenvalue weighted by Gasteiger charge is 2.19. The second-order valence-corrected chi connectivity index (χ2v) is 4.60. The molecule has 1 atom stereocenters. The molecule has 20 heavy (non-hydrogen) atoms. The Balaban J connectivity index is 0.00000361. The maximum atomic E-state index is 12.2. The zero-order valence-electron chi connectivity index (χ0n) is 11.6. The molecule has 112 valence electrons. The van der Waals surface area contributed by atoms with Gasteiger partial charge in [0, 0.05) is 32.0 Å². The molecule has 0 aliphatic carbocycles. The number of rotatable bonds is 7. The average molecular weight is 300 g/mol. The molecule has 6 heteroatoms. The molecular formula is C14H22ClN3O2. The monoisotopic (exact) mass is 299 g/mol. The summed E-state index contributed by atoms with van der Waals surface area (Å²) < 4.78 is 0. The molecule has 0 aromatic heterocycles. The molecule has 0 fully saturated rings. The van der Waals surface area contributed by atoms with E-state index in [2.05, 4.69) is 0 Å². The molecule has 0 radical (unpaired) electrons. The van der Waals surface area contributed by atoms with E-state index in [1.54, 1.807) is 11.8 Å². The van der Waals surface area contributed by atoms with Gasteiger partial charge >= 0.3 is 0 Å². The molecular weight excluding hydrogens is 278 g/mol. The number of carbonyl (C=O) groups is 2. The molecule has 0 aliphatic rings. The van der Waals surface area contributed by atoms with Crippen molar-refractivity contribution in [2.24, 2.45) is 17.4 Å². The number of hydrogen-bond acceptors (Lipinski definition) is 3. The van der Waals surface area contributed by atoms with Crippen LogP contribution in [0.5, 0.6) is 0 Å². The fourth-order valence-corrected chi connectivity index (χ4v) is 1.73. The molecule has 0 aliphatic heterocycles. The quantitative estimate of drug-likeness (QED) is 0.784. The number of nitrogens with zero attached hydrogens (tertiary/aromatic N) is 1. The van der Waals surface area contributed by atoms with Gasteiger partial charge in [0.1, 0.15) is 0 Å². The van der Waals surface area contributed by atoms with Crippen molar-refractivity contribution < 1.29 is 9.59 Å². The molecule has 2 amide bonds. The Morgan fingerprint density at radius 2 is 1.85 bits per heavy atom. The Bertz CT molecular complexity index is 426. The summed E-state index contributed by atoms with van der Waals surface area (Å²) in [5.41, 5.74) is 11.7. The fraction of sp³-hybridized carbons (Fsp3) is 0.429. The van der Waals surface area contributed by atoms with Gasteiger partial charge in [-0.25, -0.2) is 0 Å². The van der Waals surface area contributed by atoms with E-state index in [0.717, 1.165) is 5.56 Å². The Hall–Kier alpha value is -1.59. The molecule has 5 nitrogen and oxygen atoms in total. The Kier molecular flexibility index (Phi) is 8.59. The van der Waals surface area contributed by atoms with Crippen LogP contribution in [0.15, 0.2) is 30.3 Å². The average Bonchev–Trinajstić information content (AvgIpc) is 2.42. The van der Waals surface area contributed by atoms with Gasteiger partial charge in [-0.15, -0.1) is 12.4 Å². The lowest BCUT2D eigenvalue weighted by Gasteiger charge is -2.25. The summed E-state index contributed by atoms with van der Waals surface area (Å²) in [6.07, 6.45) is 0.163. The molecule has 0 saturated carbocycles. The topological polar surface area (TPSA) is 89.4 Å². The first kappa shape index (κ1) is 18.4. The van der Waals surface area contributed by atoms with Crippen molar-refractivity contribution in [1.29, 1.82) is 0 Å². The predicted octanol–water partition coefficient (Wildman–Crippen LogP) is 0.907. The SMILES string of the molecule is CC(CN)C(=O)N(CCC(N)=O)Cc1ccccc1.Cl. The van der Waals surface area contributed by atoms with Gasteiger partial charge in [-0.1, -0.05) is 37.3 Å². The first-order valence-corrected chi connectivity index (χ1v) is 6.35. The molecule has 1 aromatic carbocycles. The second kappa shape index (κ2) is 9.34. The second-order valence-electron chi connectivity index (χ2n) is 4.60.